The highest BCUT2D eigenvalue weighted by molar-refractivity contribution is 5.76. The molecule has 1 amide bonds. The number of rotatable bonds is 58. The largest absolute Gasteiger partial charge is 0.465 e. The maximum Gasteiger partial charge on any atom is 0.305 e. The van der Waals surface area contributed by atoms with Crippen molar-refractivity contribution in [2.75, 3.05) is 32.8 Å². The summed E-state index contributed by atoms with van der Waals surface area (Å²) >= 11 is 0. The maximum atomic E-state index is 14.2. The molecule has 2 unspecified atom stereocenters. The Balaban J connectivity index is 5.23. The van der Waals surface area contributed by atoms with Crippen LogP contribution in [0.1, 0.15) is 343 Å². The van der Waals surface area contributed by atoms with Crippen LogP contribution in [0.25, 0.3) is 0 Å². The molecule has 71 heavy (non-hydrogen) atoms. The zero-order valence-electron chi connectivity index (χ0n) is 49.0. The lowest BCUT2D eigenvalue weighted by molar-refractivity contribution is -0.146. The predicted octanol–water partition coefficient (Wildman–Crippen LogP) is 19.5. The van der Waals surface area contributed by atoms with Gasteiger partial charge in [-0.3, -0.25) is 14.4 Å². The van der Waals surface area contributed by atoms with Gasteiger partial charge in [0.15, 0.2) is 0 Å². The summed E-state index contributed by atoms with van der Waals surface area (Å²) < 4.78 is 11.6. The third kappa shape index (κ3) is 47.8. The molecule has 0 saturated carbocycles. The van der Waals surface area contributed by atoms with Gasteiger partial charge in [0.1, 0.15) is 0 Å². The van der Waals surface area contributed by atoms with E-state index in [-0.39, 0.29) is 11.9 Å². The SMILES string of the molecule is CCCCCCCCCCN(C(=O)CCCCNCCCCCC)C(CCCCCCCCC(=O)OCC(CCCC)CCCCCC)CCCCCCCCC(=O)OCC(CCCC)CCCCCC. The molecule has 0 saturated heterocycles. The van der Waals surface area contributed by atoms with E-state index in [1.165, 1.54) is 225 Å². The molecule has 2 atom stereocenters. The van der Waals surface area contributed by atoms with Crippen molar-refractivity contribution in [3.8, 4) is 0 Å². The van der Waals surface area contributed by atoms with Crippen LogP contribution in [0, 0.1) is 11.8 Å². The third-order valence-corrected chi connectivity index (χ3v) is 15.4. The van der Waals surface area contributed by atoms with Gasteiger partial charge in [0.25, 0.3) is 0 Å². The lowest BCUT2D eigenvalue weighted by Gasteiger charge is -2.33. The van der Waals surface area contributed by atoms with Crippen molar-refractivity contribution in [2.24, 2.45) is 11.8 Å². The summed E-state index contributed by atoms with van der Waals surface area (Å²) in [6.07, 6.45) is 54.8. The standard InChI is InChI=1S/C64H126N2O5/c1-7-13-19-23-24-29-34-44-56-66(62(67)51-41-43-55-65-54-42-22-16-10-4)61(49-37-30-25-27-32-39-52-63(68)70-57-59(45-17-11-5)47-35-20-14-8-2)50-38-31-26-28-33-40-53-64(69)71-58-60(46-18-12-6)48-36-21-15-9-3/h59-61,65H,7-58H2,1-6H3. The molecule has 0 bridgehead atoms. The average molecular weight is 1000 g/mol. The lowest BCUT2D eigenvalue weighted by atomic mass is 9.96. The highest BCUT2D eigenvalue weighted by atomic mass is 16.5. The van der Waals surface area contributed by atoms with Gasteiger partial charge in [-0.1, -0.05) is 247 Å². The smallest absolute Gasteiger partial charge is 0.305 e. The second-order valence-electron chi connectivity index (χ2n) is 22.4. The number of unbranched alkanes of at least 4 members (excludes halogenated alkanes) is 29. The fourth-order valence-corrected chi connectivity index (χ4v) is 10.5. The second-order valence-corrected chi connectivity index (χ2v) is 22.4. The van der Waals surface area contributed by atoms with Crippen LogP contribution in [-0.4, -0.2) is 61.6 Å². The number of carbonyl (C=O) groups excluding carboxylic acids is 3. The van der Waals surface area contributed by atoms with Gasteiger partial charge in [-0.05, 0) is 102 Å². The molecule has 0 aliphatic rings. The van der Waals surface area contributed by atoms with Crippen LogP contribution in [0.3, 0.4) is 0 Å². The number of carbonyl (C=O) groups is 3. The van der Waals surface area contributed by atoms with Gasteiger partial charge in [-0.15, -0.1) is 0 Å². The molecule has 1 N–H and O–H groups in total. The van der Waals surface area contributed by atoms with Gasteiger partial charge in [0, 0.05) is 31.8 Å². The molecule has 0 aromatic carbocycles. The van der Waals surface area contributed by atoms with Crippen LogP contribution < -0.4 is 5.32 Å². The van der Waals surface area contributed by atoms with Crippen molar-refractivity contribution >= 4 is 17.8 Å². The molecule has 7 heteroatoms. The van der Waals surface area contributed by atoms with Crippen molar-refractivity contribution in [2.45, 2.75) is 349 Å². The van der Waals surface area contributed by atoms with Gasteiger partial charge in [-0.2, -0.15) is 0 Å². The van der Waals surface area contributed by atoms with Crippen LogP contribution in [-0.2, 0) is 23.9 Å². The van der Waals surface area contributed by atoms with E-state index in [1.54, 1.807) is 0 Å². The number of esters is 2. The van der Waals surface area contributed by atoms with Gasteiger partial charge >= 0.3 is 11.9 Å². The number of ether oxygens (including phenoxy) is 2. The van der Waals surface area contributed by atoms with Crippen LogP contribution in [0.15, 0.2) is 0 Å². The summed E-state index contributed by atoms with van der Waals surface area (Å²) in [4.78, 5) is 41.9. The van der Waals surface area contributed by atoms with Crippen LogP contribution in [0.4, 0.5) is 0 Å². The minimum Gasteiger partial charge on any atom is -0.465 e. The quantitative estimate of drug-likeness (QED) is 0.0483. The number of nitrogens with zero attached hydrogens (tertiary/aromatic N) is 1. The fourth-order valence-electron chi connectivity index (χ4n) is 10.5. The highest BCUT2D eigenvalue weighted by Gasteiger charge is 2.23. The molecule has 422 valence electrons. The van der Waals surface area contributed by atoms with Crippen LogP contribution in [0.2, 0.25) is 0 Å². The van der Waals surface area contributed by atoms with Gasteiger partial charge in [-0.25, -0.2) is 0 Å². The summed E-state index contributed by atoms with van der Waals surface area (Å²) in [6.45, 7) is 17.8. The Hall–Kier alpha value is -1.63. The van der Waals surface area contributed by atoms with Gasteiger partial charge in [0.2, 0.25) is 5.91 Å². The Labute approximate surface area is 444 Å². The van der Waals surface area contributed by atoms with Gasteiger partial charge in [0.05, 0.1) is 13.2 Å². The van der Waals surface area contributed by atoms with Crippen molar-refractivity contribution < 1.29 is 23.9 Å². The molecule has 0 aliphatic carbocycles. The number of hydrogen-bond donors (Lipinski definition) is 1. The maximum absolute atomic E-state index is 14.2. The monoisotopic (exact) mass is 1000 g/mol. The summed E-state index contributed by atoms with van der Waals surface area (Å²) in [5, 5.41) is 3.63. The number of hydrogen-bond acceptors (Lipinski definition) is 6. The van der Waals surface area contributed by atoms with E-state index in [9.17, 15) is 14.4 Å². The molecule has 0 aromatic heterocycles. The van der Waals surface area contributed by atoms with Crippen molar-refractivity contribution in [1.29, 1.82) is 0 Å². The predicted molar refractivity (Wildman–Crippen MR) is 308 cm³/mol. The Morgan fingerprint density at radius 2 is 0.648 bits per heavy atom. The molecule has 7 nitrogen and oxygen atoms in total. The van der Waals surface area contributed by atoms with Crippen molar-refractivity contribution in [3.05, 3.63) is 0 Å². The minimum atomic E-state index is -0.00242. The second kappa shape index (κ2) is 56.1. The van der Waals surface area contributed by atoms with E-state index in [2.05, 4.69) is 51.8 Å². The van der Waals surface area contributed by atoms with Gasteiger partial charge < -0.3 is 19.7 Å². The first-order valence-corrected chi connectivity index (χ1v) is 32.2. The molecule has 0 spiro atoms. The Morgan fingerprint density at radius 1 is 0.338 bits per heavy atom. The molecule has 0 heterocycles. The zero-order chi connectivity index (χ0) is 51.9. The molecule has 0 aliphatic heterocycles. The molecule has 0 radical (unpaired) electrons. The van der Waals surface area contributed by atoms with E-state index in [4.69, 9.17) is 9.47 Å². The van der Waals surface area contributed by atoms with E-state index in [0.29, 0.717) is 56.3 Å². The topological polar surface area (TPSA) is 84.9 Å². The first-order valence-electron chi connectivity index (χ1n) is 32.2. The number of nitrogens with one attached hydrogen (secondary N) is 1. The minimum absolute atomic E-state index is 0.00242. The van der Waals surface area contributed by atoms with Crippen molar-refractivity contribution in [1.82, 2.24) is 10.2 Å². The Morgan fingerprint density at radius 3 is 1.08 bits per heavy atom. The number of amides is 1. The van der Waals surface area contributed by atoms with Crippen LogP contribution in [0.5, 0.6) is 0 Å². The first kappa shape index (κ1) is 69.4. The summed E-state index contributed by atoms with van der Waals surface area (Å²) in [5.41, 5.74) is 0. The van der Waals surface area contributed by atoms with E-state index >= 15 is 0 Å². The van der Waals surface area contributed by atoms with Crippen LogP contribution >= 0.6 is 0 Å². The summed E-state index contributed by atoms with van der Waals surface area (Å²) in [7, 11) is 0. The van der Waals surface area contributed by atoms with Crippen molar-refractivity contribution in [3.63, 3.8) is 0 Å². The Bertz CT molecular complexity index is 1060. The Kier molecular flexibility index (Phi) is 54.8. The molecular formula is C64H126N2O5. The molecule has 0 fully saturated rings. The summed E-state index contributed by atoms with van der Waals surface area (Å²) in [5.74, 6) is 1.43. The fraction of sp³-hybridized carbons (Fsp3) is 0.953. The summed E-state index contributed by atoms with van der Waals surface area (Å²) in [6, 6.07) is 0.328. The third-order valence-electron chi connectivity index (χ3n) is 15.4. The average Bonchev–Trinajstić information content (AvgIpc) is 3.37. The van der Waals surface area contributed by atoms with E-state index in [1.807, 2.05) is 0 Å². The molecular weight excluding hydrogens is 877 g/mol. The highest BCUT2D eigenvalue weighted by Crippen LogP contribution is 2.24. The normalized spacial score (nSPS) is 12.8. The van der Waals surface area contributed by atoms with E-state index < -0.39 is 0 Å². The first-order chi connectivity index (χ1) is 34.9. The molecule has 0 rings (SSSR count). The van der Waals surface area contributed by atoms with E-state index in [0.717, 1.165) is 77.4 Å². The lowest BCUT2D eigenvalue weighted by Crippen LogP contribution is -2.41. The molecule has 0 aromatic rings. The zero-order valence-corrected chi connectivity index (χ0v) is 49.0.